The highest BCUT2D eigenvalue weighted by molar-refractivity contribution is 7.92. The second kappa shape index (κ2) is 8.27. The van der Waals surface area contributed by atoms with E-state index in [1.807, 2.05) is 0 Å². The van der Waals surface area contributed by atoms with Crippen LogP contribution in [0.5, 0.6) is 0 Å². The van der Waals surface area contributed by atoms with Crippen molar-refractivity contribution < 1.29 is 18.4 Å². The van der Waals surface area contributed by atoms with Crippen LogP contribution in [0.4, 0.5) is 5.69 Å². The number of nitrogens with one attached hydrogen (secondary N) is 1. The fourth-order valence-electron chi connectivity index (χ4n) is 2.13. The average molecular weight is 358 g/mol. The van der Waals surface area contributed by atoms with Crippen molar-refractivity contribution in [2.75, 3.05) is 11.4 Å². The van der Waals surface area contributed by atoms with Crippen molar-refractivity contribution in [1.82, 2.24) is 5.48 Å². The molecule has 6 nitrogen and oxygen atoms in total. The molecule has 0 aliphatic carbocycles. The third kappa shape index (κ3) is 4.56. The van der Waals surface area contributed by atoms with E-state index in [2.05, 4.69) is 0 Å². The molecule has 0 bridgehead atoms. The highest BCUT2D eigenvalue weighted by Gasteiger charge is 2.22. The Balaban J connectivity index is 2.32. The lowest BCUT2D eigenvalue weighted by atomic mass is 10.1. The van der Waals surface area contributed by atoms with Crippen molar-refractivity contribution in [2.45, 2.75) is 4.90 Å². The molecule has 0 saturated carbocycles. The third-order valence-electron chi connectivity index (χ3n) is 3.42. The molecule has 0 heterocycles. The molecule has 0 aromatic heterocycles. The molecule has 2 rings (SSSR count). The summed E-state index contributed by atoms with van der Waals surface area (Å²) >= 11 is 0. The van der Waals surface area contributed by atoms with E-state index >= 15 is 0 Å². The van der Waals surface area contributed by atoms with Crippen LogP contribution in [0.2, 0.25) is 0 Å². The van der Waals surface area contributed by atoms with Crippen LogP contribution < -0.4 is 9.79 Å². The maximum atomic E-state index is 12.8. The second-order valence-corrected chi connectivity index (χ2v) is 7.01. The number of sulfonamides is 1. The van der Waals surface area contributed by atoms with Crippen LogP contribution in [0, 0.1) is 0 Å². The average Bonchev–Trinajstić information content (AvgIpc) is 2.65. The van der Waals surface area contributed by atoms with E-state index in [-0.39, 0.29) is 4.90 Å². The SMILES string of the molecule is CN(c1ccccc1/C=C/C=C/C(=O)NO)S(=O)(=O)c1ccccc1. The molecule has 25 heavy (non-hydrogen) atoms. The van der Waals surface area contributed by atoms with Crippen LogP contribution in [-0.2, 0) is 14.8 Å². The van der Waals surface area contributed by atoms with Crippen LogP contribution in [0.1, 0.15) is 5.56 Å². The number of para-hydroxylation sites is 1. The molecule has 2 aromatic rings. The van der Waals surface area contributed by atoms with Crippen molar-refractivity contribution in [3.05, 3.63) is 78.4 Å². The Hall–Kier alpha value is -2.90. The quantitative estimate of drug-likeness (QED) is 0.360. The first-order chi connectivity index (χ1) is 12.0. The van der Waals surface area contributed by atoms with E-state index in [0.29, 0.717) is 11.3 Å². The second-order valence-electron chi connectivity index (χ2n) is 5.04. The summed E-state index contributed by atoms with van der Waals surface area (Å²) in [7, 11) is -2.19. The molecule has 0 aliphatic heterocycles. The van der Waals surface area contributed by atoms with Gasteiger partial charge >= 0.3 is 0 Å². The smallest absolute Gasteiger partial charge is 0.267 e. The summed E-state index contributed by atoms with van der Waals surface area (Å²) in [4.78, 5) is 11.1. The zero-order valence-corrected chi connectivity index (χ0v) is 14.3. The Morgan fingerprint density at radius 1 is 1.04 bits per heavy atom. The largest absolute Gasteiger partial charge is 0.288 e. The van der Waals surface area contributed by atoms with Gasteiger partial charge in [0.25, 0.3) is 15.9 Å². The Kier molecular flexibility index (Phi) is 6.10. The summed E-state index contributed by atoms with van der Waals surface area (Å²) in [5.41, 5.74) is 2.65. The number of hydrogen-bond donors (Lipinski definition) is 2. The number of benzene rings is 2. The number of nitrogens with zero attached hydrogens (tertiary/aromatic N) is 1. The summed E-state index contributed by atoms with van der Waals surface area (Å²) in [6, 6.07) is 15.2. The van der Waals surface area contributed by atoms with Crippen LogP contribution in [0.25, 0.3) is 6.08 Å². The molecule has 2 N–H and O–H groups in total. The van der Waals surface area contributed by atoms with Crippen LogP contribution >= 0.6 is 0 Å². The fourth-order valence-corrected chi connectivity index (χ4v) is 3.38. The molecule has 0 spiro atoms. The van der Waals surface area contributed by atoms with Crippen LogP contribution in [0.15, 0.2) is 77.7 Å². The van der Waals surface area contributed by atoms with Crippen molar-refractivity contribution in [2.24, 2.45) is 0 Å². The molecular weight excluding hydrogens is 340 g/mol. The molecule has 1 amide bonds. The number of hydrogen-bond acceptors (Lipinski definition) is 4. The maximum Gasteiger partial charge on any atom is 0.267 e. The molecule has 2 aromatic carbocycles. The number of anilines is 1. The molecule has 0 atom stereocenters. The lowest BCUT2D eigenvalue weighted by molar-refractivity contribution is -0.124. The molecule has 0 fully saturated rings. The zero-order valence-electron chi connectivity index (χ0n) is 13.5. The molecular formula is C18H18N2O4S. The van der Waals surface area contributed by atoms with Gasteiger partial charge in [-0.2, -0.15) is 0 Å². The number of carbonyl (C=O) groups excluding carboxylic acids is 1. The molecule has 0 radical (unpaired) electrons. The standard InChI is InChI=1S/C18H18N2O4S/c1-20(25(23,24)16-11-3-2-4-12-16)17-13-7-5-9-15(17)10-6-8-14-18(21)19-22/h2-14,22H,1H3,(H,19,21)/b10-6+,14-8+. The molecule has 0 aliphatic rings. The first-order valence-electron chi connectivity index (χ1n) is 7.38. The van der Waals surface area contributed by atoms with E-state index in [4.69, 9.17) is 5.21 Å². The van der Waals surface area contributed by atoms with Crippen LogP contribution in [0.3, 0.4) is 0 Å². The van der Waals surface area contributed by atoms with Crippen molar-refractivity contribution in [3.63, 3.8) is 0 Å². The summed E-state index contributed by atoms with van der Waals surface area (Å²) in [5, 5.41) is 8.42. The molecule has 0 unspecified atom stereocenters. The van der Waals surface area contributed by atoms with Crippen LogP contribution in [-0.4, -0.2) is 26.6 Å². The Labute approximate surface area is 146 Å². The van der Waals surface area contributed by atoms with Gasteiger partial charge in [-0.05, 0) is 23.8 Å². The van der Waals surface area contributed by atoms with Gasteiger partial charge in [-0.1, -0.05) is 54.6 Å². The minimum absolute atomic E-state index is 0.204. The first kappa shape index (κ1) is 18.4. The number of carbonyl (C=O) groups is 1. The summed E-state index contributed by atoms with van der Waals surface area (Å²) in [6.45, 7) is 0. The molecule has 130 valence electrons. The van der Waals surface area contributed by atoms with E-state index in [1.165, 1.54) is 22.9 Å². The Morgan fingerprint density at radius 3 is 2.36 bits per heavy atom. The van der Waals surface area contributed by atoms with E-state index in [1.54, 1.807) is 66.7 Å². The maximum absolute atomic E-state index is 12.8. The van der Waals surface area contributed by atoms with Gasteiger partial charge in [0.2, 0.25) is 0 Å². The van der Waals surface area contributed by atoms with Gasteiger partial charge in [-0.25, -0.2) is 13.9 Å². The fraction of sp³-hybridized carbons (Fsp3) is 0.0556. The Bertz CT molecular complexity index is 890. The van der Waals surface area contributed by atoms with E-state index in [9.17, 15) is 13.2 Å². The van der Waals surface area contributed by atoms with Gasteiger partial charge in [0.15, 0.2) is 0 Å². The summed E-state index contributed by atoms with van der Waals surface area (Å²) in [5.74, 6) is -0.651. The summed E-state index contributed by atoms with van der Waals surface area (Å²) < 4.78 is 26.7. The lowest BCUT2D eigenvalue weighted by Gasteiger charge is -2.21. The van der Waals surface area contributed by atoms with E-state index in [0.717, 1.165) is 6.08 Å². The minimum atomic E-state index is -3.68. The van der Waals surface area contributed by atoms with Gasteiger partial charge in [-0.3, -0.25) is 14.3 Å². The number of hydroxylamine groups is 1. The Morgan fingerprint density at radius 2 is 1.68 bits per heavy atom. The summed E-state index contributed by atoms with van der Waals surface area (Å²) in [6.07, 6.45) is 5.84. The predicted octanol–water partition coefficient (Wildman–Crippen LogP) is 2.59. The van der Waals surface area contributed by atoms with Gasteiger partial charge in [0.1, 0.15) is 0 Å². The lowest BCUT2D eigenvalue weighted by Crippen LogP contribution is -2.27. The predicted molar refractivity (Wildman–Crippen MR) is 96.6 cm³/mol. The monoisotopic (exact) mass is 358 g/mol. The highest BCUT2D eigenvalue weighted by atomic mass is 32.2. The van der Waals surface area contributed by atoms with E-state index < -0.39 is 15.9 Å². The third-order valence-corrected chi connectivity index (χ3v) is 5.21. The minimum Gasteiger partial charge on any atom is -0.288 e. The topological polar surface area (TPSA) is 86.7 Å². The number of amides is 1. The highest BCUT2D eigenvalue weighted by Crippen LogP contribution is 2.26. The molecule has 7 heteroatoms. The van der Waals surface area contributed by atoms with Gasteiger partial charge in [0.05, 0.1) is 10.6 Å². The number of allylic oxidation sites excluding steroid dienone is 2. The van der Waals surface area contributed by atoms with Gasteiger partial charge in [0, 0.05) is 13.1 Å². The number of rotatable bonds is 6. The normalized spacial score (nSPS) is 11.8. The van der Waals surface area contributed by atoms with Gasteiger partial charge in [-0.15, -0.1) is 0 Å². The van der Waals surface area contributed by atoms with Crippen molar-refractivity contribution >= 4 is 27.7 Å². The first-order valence-corrected chi connectivity index (χ1v) is 8.82. The zero-order chi connectivity index (χ0) is 18.3. The van der Waals surface area contributed by atoms with Gasteiger partial charge < -0.3 is 0 Å². The van der Waals surface area contributed by atoms with Crippen molar-refractivity contribution in [1.29, 1.82) is 0 Å². The van der Waals surface area contributed by atoms with Crippen molar-refractivity contribution in [3.8, 4) is 0 Å². The molecule has 0 saturated heterocycles.